The molecule has 0 radical (unpaired) electrons. The summed E-state index contributed by atoms with van der Waals surface area (Å²) < 4.78 is 41.7. The van der Waals surface area contributed by atoms with Crippen molar-refractivity contribution in [3.63, 3.8) is 0 Å². The van der Waals surface area contributed by atoms with Gasteiger partial charge in [0, 0.05) is 40.1 Å². The summed E-state index contributed by atoms with van der Waals surface area (Å²) in [6.45, 7) is 5.63. The molecule has 3 rings (SSSR count). The number of carboxylic acid groups (broad SMARTS) is 1. The number of fused-ring (bicyclic) bond motifs is 1. The fraction of sp³-hybridized carbons (Fsp3) is 0.444. The van der Waals surface area contributed by atoms with Crippen molar-refractivity contribution >= 4 is 40.1 Å². The van der Waals surface area contributed by atoms with E-state index in [0.717, 1.165) is 28.6 Å². The van der Waals surface area contributed by atoms with E-state index >= 15 is 0 Å². The summed E-state index contributed by atoms with van der Waals surface area (Å²) in [5, 5.41) is 11.1. The van der Waals surface area contributed by atoms with Gasteiger partial charge in [-0.15, -0.1) is 0 Å². The molecule has 0 aliphatic heterocycles. The van der Waals surface area contributed by atoms with Crippen molar-refractivity contribution in [2.45, 2.75) is 59.1 Å². The van der Waals surface area contributed by atoms with Crippen LogP contribution in [0.15, 0.2) is 30.3 Å². The molecule has 0 saturated carbocycles. The molecule has 8 heteroatoms. The van der Waals surface area contributed by atoms with Crippen molar-refractivity contribution in [1.29, 1.82) is 0 Å². The zero-order valence-electron chi connectivity index (χ0n) is 20.3. The van der Waals surface area contributed by atoms with Gasteiger partial charge in [-0.3, -0.25) is 4.79 Å². The Hall–Kier alpha value is -2.18. The molecule has 1 aromatic heterocycles. The summed E-state index contributed by atoms with van der Waals surface area (Å²) in [7, 11) is 1.75. The van der Waals surface area contributed by atoms with Gasteiger partial charge < -0.3 is 9.67 Å². The van der Waals surface area contributed by atoms with Crippen LogP contribution in [0.1, 0.15) is 61.1 Å². The summed E-state index contributed by atoms with van der Waals surface area (Å²) in [6.07, 6.45) is -1.38. The van der Waals surface area contributed by atoms with E-state index in [1.165, 1.54) is 12.1 Å². The number of benzene rings is 2. The molecule has 0 fully saturated rings. The molecule has 0 unspecified atom stereocenters. The number of aliphatic carboxylic acids is 1. The SMILES string of the molecule is CC[C@@H](CC[C@@H](C)Cc1ccc(Cl)c(Cc2cc3c(C)cc(C(F)(F)F)cc3n2C)c1Cl)C(=O)O. The summed E-state index contributed by atoms with van der Waals surface area (Å²) in [5.41, 5.74) is 2.86. The van der Waals surface area contributed by atoms with E-state index in [-0.39, 0.29) is 11.8 Å². The van der Waals surface area contributed by atoms with Crippen LogP contribution in [0.5, 0.6) is 0 Å². The van der Waals surface area contributed by atoms with E-state index in [0.29, 0.717) is 46.8 Å². The third-order valence-electron chi connectivity index (χ3n) is 6.84. The number of aryl methyl sites for hydroxylation is 2. The molecule has 2 atom stereocenters. The highest BCUT2D eigenvalue weighted by molar-refractivity contribution is 6.36. The van der Waals surface area contributed by atoms with Gasteiger partial charge in [0.15, 0.2) is 0 Å². The molecule has 0 spiro atoms. The van der Waals surface area contributed by atoms with Crippen molar-refractivity contribution in [3.8, 4) is 0 Å². The maximum absolute atomic E-state index is 13.3. The number of hydrogen-bond acceptors (Lipinski definition) is 1. The maximum atomic E-state index is 13.3. The van der Waals surface area contributed by atoms with Crippen LogP contribution in [0, 0.1) is 18.8 Å². The Kier molecular flexibility index (Phi) is 8.48. The quantitative estimate of drug-likeness (QED) is 0.303. The molecule has 0 aliphatic rings. The normalized spacial score (nSPS) is 13.9. The predicted molar refractivity (Wildman–Crippen MR) is 135 cm³/mol. The summed E-state index contributed by atoms with van der Waals surface area (Å²) in [4.78, 5) is 11.3. The Labute approximate surface area is 213 Å². The second kappa shape index (κ2) is 10.8. The van der Waals surface area contributed by atoms with Crippen LogP contribution < -0.4 is 0 Å². The van der Waals surface area contributed by atoms with Crippen LogP contribution in [0.3, 0.4) is 0 Å². The van der Waals surface area contributed by atoms with Gasteiger partial charge in [-0.1, -0.05) is 43.1 Å². The lowest BCUT2D eigenvalue weighted by atomic mass is 9.90. The molecule has 3 aromatic rings. The molecule has 0 saturated heterocycles. The second-order valence-corrected chi connectivity index (χ2v) is 10.2. The number of aromatic nitrogens is 1. The van der Waals surface area contributed by atoms with E-state index in [2.05, 4.69) is 6.92 Å². The van der Waals surface area contributed by atoms with E-state index in [1.54, 1.807) is 24.6 Å². The highest BCUT2D eigenvalue weighted by Crippen LogP contribution is 2.36. The number of halogens is 5. The molecule has 0 aliphatic carbocycles. The lowest BCUT2D eigenvalue weighted by Gasteiger charge is -2.17. The molecule has 1 heterocycles. The van der Waals surface area contributed by atoms with Crippen molar-refractivity contribution in [1.82, 2.24) is 4.57 Å². The Bertz CT molecular complexity index is 1230. The number of nitrogens with zero attached hydrogens (tertiary/aromatic N) is 1. The highest BCUT2D eigenvalue weighted by atomic mass is 35.5. The van der Waals surface area contributed by atoms with Crippen LogP contribution in [-0.2, 0) is 30.9 Å². The van der Waals surface area contributed by atoms with Gasteiger partial charge in [0.1, 0.15) is 0 Å². The minimum absolute atomic E-state index is 0.232. The predicted octanol–water partition coefficient (Wildman–Crippen LogP) is 8.47. The average Bonchev–Trinajstić information content (AvgIpc) is 3.09. The zero-order valence-corrected chi connectivity index (χ0v) is 21.8. The number of carbonyl (C=O) groups is 1. The Morgan fingerprint density at radius 1 is 1.14 bits per heavy atom. The maximum Gasteiger partial charge on any atom is 0.416 e. The Balaban J connectivity index is 1.87. The molecule has 190 valence electrons. The van der Waals surface area contributed by atoms with Crippen molar-refractivity contribution in [3.05, 3.63) is 68.3 Å². The monoisotopic (exact) mass is 527 g/mol. The summed E-state index contributed by atoms with van der Waals surface area (Å²) in [6, 6.07) is 7.92. The van der Waals surface area contributed by atoms with Gasteiger partial charge in [-0.2, -0.15) is 13.2 Å². The second-order valence-electron chi connectivity index (χ2n) is 9.42. The fourth-order valence-corrected chi connectivity index (χ4v) is 5.19. The first-order valence-corrected chi connectivity index (χ1v) is 12.4. The van der Waals surface area contributed by atoms with Crippen LogP contribution in [0.4, 0.5) is 13.2 Å². The number of carboxylic acids is 1. The number of alkyl halides is 3. The first-order valence-electron chi connectivity index (χ1n) is 11.7. The number of hydrogen-bond donors (Lipinski definition) is 1. The third kappa shape index (κ3) is 6.15. The fourth-order valence-electron chi connectivity index (χ4n) is 4.61. The van der Waals surface area contributed by atoms with E-state index < -0.39 is 17.7 Å². The van der Waals surface area contributed by atoms with Gasteiger partial charge in [-0.25, -0.2) is 0 Å². The minimum atomic E-state index is -4.41. The smallest absolute Gasteiger partial charge is 0.416 e. The molecule has 3 nitrogen and oxygen atoms in total. The van der Waals surface area contributed by atoms with Crippen LogP contribution in [-0.4, -0.2) is 15.6 Å². The van der Waals surface area contributed by atoms with Gasteiger partial charge in [0.25, 0.3) is 0 Å². The molecular formula is C27H30Cl2F3NO2. The van der Waals surface area contributed by atoms with Gasteiger partial charge in [0.2, 0.25) is 0 Å². The van der Waals surface area contributed by atoms with Crippen LogP contribution >= 0.6 is 23.2 Å². The van der Waals surface area contributed by atoms with Crippen molar-refractivity contribution in [2.24, 2.45) is 18.9 Å². The van der Waals surface area contributed by atoms with E-state index in [9.17, 15) is 23.1 Å². The molecule has 2 aromatic carbocycles. The standard InChI is InChI=1S/C27H30Cl2F3NO2/c1-5-17(26(34)35)7-6-15(2)10-18-8-9-23(28)22(25(18)29)14-20-13-21-16(3)11-19(27(30,31)32)12-24(21)33(20)4/h8-9,11-13,15,17H,5-7,10,14H2,1-4H3,(H,34,35)/t15-,17+/m1/s1. The van der Waals surface area contributed by atoms with Gasteiger partial charge in [-0.05, 0) is 79.5 Å². The summed E-state index contributed by atoms with van der Waals surface area (Å²) in [5.74, 6) is -0.878. The van der Waals surface area contributed by atoms with Gasteiger partial charge >= 0.3 is 12.1 Å². The molecule has 35 heavy (non-hydrogen) atoms. The van der Waals surface area contributed by atoms with E-state index in [1.807, 2.05) is 19.1 Å². The Morgan fingerprint density at radius 2 is 1.83 bits per heavy atom. The lowest BCUT2D eigenvalue weighted by molar-refractivity contribution is -0.142. The topological polar surface area (TPSA) is 42.2 Å². The molecule has 0 bridgehead atoms. The van der Waals surface area contributed by atoms with Crippen molar-refractivity contribution in [2.75, 3.05) is 0 Å². The summed E-state index contributed by atoms with van der Waals surface area (Å²) >= 11 is 13.3. The van der Waals surface area contributed by atoms with Crippen LogP contribution in [0.2, 0.25) is 10.0 Å². The molecular weight excluding hydrogens is 498 g/mol. The largest absolute Gasteiger partial charge is 0.481 e. The highest BCUT2D eigenvalue weighted by Gasteiger charge is 2.31. The molecule has 1 N–H and O–H groups in total. The first kappa shape index (κ1) is 27.4. The van der Waals surface area contributed by atoms with Gasteiger partial charge in [0.05, 0.1) is 11.5 Å². The molecule has 0 amide bonds. The minimum Gasteiger partial charge on any atom is -0.481 e. The Morgan fingerprint density at radius 3 is 2.43 bits per heavy atom. The average molecular weight is 528 g/mol. The lowest BCUT2D eigenvalue weighted by Crippen LogP contribution is -2.14. The first-order chi connectivity index (χ1) is 16.3. The van der Waals surface area contributed by atoms with Crippen LogP contribution in [0.25, 0.3) is 10.9 Å². The van der Waals surface area contributed by atoms with Crippen molar-refractivity contribution < 1.29 is 23.1 Å². The van der Waals surface area contributed by atoms with E-state index in [4.69, 9.17) is 23.2 Å². The third-order valence-corrected chi connectivity index (χ3v) is 7.66. The number of rotatable bonds is 9. The zero-order chi connectivity index (χ0) is 26.1.